The molecule has 192 valence electrons. The second kappa shape index (κ2) is 10.0. The molecule has 0 saturated carbocycles. The molecule has 0 unspecified atom stereocenters. The minimum atomic E-state index is -1.28. The van der Waals surface area contributed by atoms with Crippen LogP contribution in [0.4, 0.5) is 0 Å². The highest BCUT2D eigenvalue weighted by atomic mass is 35.5. The maximum atomic E-state index is 13.0. The first-order valence-electron chi connectivity index (χ1n) is 11.9. The lowest BCUT2D eigenvalue weighted by molar-refractivity contribution is -0.145. The average Bonchev–Trinajstić information content (AvgIpc) is 3.02. The molecule has 1 heterocycles. The van der Waals surface area contributed by atoms with Crippen LogP contribution in [0.25, 0.3) is 0 Å². The van der Waals surface area contributed by atoms with Crippen molar-refractivity contribution < 1.29 is 14.7 Å². The second-order valence-corrected chi connectivity index (χ2v) is 12.4. The number of carbonyl (C=O) groups excluding carboxylic acids is 1. The Balaban J connectivity index is 2.42. The van der Waals surface area contributed by atoms with E-state index in [1.54, 1.807) is 56.3 Å². The van der Waals surface area contributed by atoms with E-state index in [1.807, 2.05) is 11.0 Å². The molecule has 2 aromatic rings. The van der Waals surface area contributed by atoms with Crippen LogP contribution in [0.1, 0.15) is 58.1 Å². The van der Waals surface area contributed by atoms with E-state index in [0.29, 0.717) is 27.6 Å². The Labute approximate surface area is 223 Å². The van der Waals surface area contributed by atoms with Crippen LogP contribution in [0.5, 0.6) is 0 Å². The number of rotatable bonds is 7. The monoisotopic (exact) mass is 529 g/mol. The molecule has 6 nitrogen and oxygen atoms in total. The van der Waals surface area contributed by atoms with Crippen LogP contribution in [0.3, 0.4) is 0 Å². The van der Waals surface area contributed by atoms with Crippen LogP contribution >= 0.6 is 23.2 Å². The van der Waals surface area contributed by atoms with Crippen molar-refractivity contribution in [2.45, 2.75) is 64.5 Å². The number of nitrogens with two attached hydrogens (primary N) is 1. The van der Waals surface area contributed by atoms with E-state index >= 15 is 0 Å². The number of benzene rings is 2. The van der Waals surface area contributed by atoms with Gasteiger partial charge >= 0.3 is 5.97 Å². The van der Waals surface area contributed by atoms with Crippen molar-refractivity contribution in [1.82, 2.24) is 4.90 Å². The molecule has 0 bridgehead atoms. The van der Waals surface area contributed by atoms with Gasteiger partial charge in [-0.15, -0.1) is 0 Å². The zero-order chi connectivity index (χ0) is 27.1. The molecule has 0 spiro atoms. The molecule has 1 aliphatic rings. The topological polar surface area (TPSA) is 107 Å². The fourth-order valence-electron chi connectivity index (χ4n) is 5.44. The number of amides is 1. The first kappa shape index (κ1) is 28.0. The Kier molecular flexibility index (Phi) is 7.81. The summed E-state index contributed by atoms with van der Waals surface area (Å²) in [4.78, 5) is 27.2. The van der Waals surface area contributed by atoms with Gasteiger partial charge in [0.25, 0.3) is 0 Å². The number of nitrogens with zero attached hydrogens (tertiary/aromatic N) is 2. The molecule has 0 aliphatic carbocycles. The molecule has 8 heteroatoms. The largest absolute Gasteiger partial charge is 0.480 e. The third-order valence-electron chi connectivity index (χ3n) is 7.11. The summed E-state index contributed by atoms with van der Waals surface area (Å²) in [6, 6.07) is 14.9. The Morgan fingerprint density at radius 2 is 1.69 bits per heavy atom. The minimum absolute atomic E-state index is 0.0775. The number of halogens is 2. The fraction of sp³-hybridized carbons (Fsp3) is 0.464. The lowest BCUT2D eigenvalue weighted by atomic mass is 9.63. The molecule has 36 heavy (non-hydrogen) atoms. The Morgan fingerprint density at radius 1 is 1.08 bits per heavy atom. The highest BCUT2D eigenvalue weighted by molar-refractivity contribution is 6.30. The highest BCUT2D eigenvalue weighted by Gasteiger charge is 2.64. The number of hydrogen-bond acceptors (Lipinski definition) is 4. The first-order chi connectivity index (χ1) is 16.6. The van der Waals surface area contributed by atoms with Gasteiger partial charge in [-0.3, -0.25) is 14.5 Å². The van der Waals surface area contributed by atoms with Gasteiger partial charge in [0.05, 0.1) is 11.5 Å². The number of nitriles is 1. The maximum Gasteiger partial charge on any atom is 0.321 e. The van der Waals surface area contributed by atoms with Crippen LogP contribution < -0.4 is 5.73 Å². The predicted molar refractivity (Wildman–Crippen MR) is 142 cm³/mol. The van der Waals surface area contributed by atoms with Crippen molar-refractivity contribution in [3.63, 3.8) is 0 Å². The minimum Gasteiger partial charge on any atom is -0.480 e. The van der Waals surface area contributed by atoms with E-state index in [0.717, 1.165) is 0 Å². The third kappa shape index (κ3) is 5.25. The third-order valence-corrected chi connectivity index (χ3v) is 7.59. The fourth-order valence-corrected chi connectivity index (χ4v) is 5.76. The summed E-state index contributed by atoms with van der Waals surface area (Å²) in [5, 5.41) is 22.6. The van der Waals surface area contributed by atoms with Crippen molar-refractivity contribution >= 4 is 35.1 Å². The van der Waals surface area contributed by atoms with Gasteiger partial charge in [0.2, 0.25) is 5.91 Å². The second-order valence-electron chi connectivity index (χ2n) is 11.5. The normalized spacial score (nSPS) is 24.9. The van der Waals surface area contributed by atoms with Gasteiger partial charge in [0.1, 0.15) is 11.5 Å². The molecular formula is C28H33Cl2N3O3. The summed E-state index contributed by atoms with van der Waals surface area (Å²) in [6.07, 6.45) is 0.499. The van der Waals surface area contributed by atoms with Gasteiger partial charge in [-0.1, -0.05) is 68.2 Å². The standard InChI is InChI=1S/C28H33Cl2N3O3/c1-26(2,3)14-21-28(15-31,18-9-11-19(29)12-10-18)22(17-7-6-8-20(30)13-17)23(24(34)35)33(21)16-27(4,5)25(32)36/h6-13,21-23H,14,16H2,1-5H3,(H2,32,36)(H,34,35)/t21-,22-,23+,28-/m0/s1. The van der Waals surface area contributed by atoms with Crippen LogP contribution in [-0.4, -0.2) is 40.5 Å². The molecule has 1 amide bonds. The zero-order valence-corrected chi connectivity index (χ0v) is 22.8. The van der Waals surface area contributed by atoms with Crippen molar-refractivity contribution in [1.29, 1.82) is 5.26 Å². The predicted octanol–water partition coefficient (Wildman–Crippen LogP) is 5.62. The Bertz CT molecular complexity index is 1180. The first-order valence-corrected chi connectivity index (χ1v) is 12.6. The van der Waals surface area contributed by atoms with Gasteiger partial charge in [-0.25, -0.2) is 0 Å². The van der Waals surface area contributed by atoms with Crippen LogP contribution in [0, 0.1) is 22.2 Å². The maximum absolute atomic E-state index is 13.0. The average molecular weight is 530 g/mol. The van der Waals surface area contributed by atoms with Crippen molar-refractivity contribution in [2.24, 2.45) is 16.6 Å². The summed E-state index contributed by atoms with van der Waals surface area (Å²) in [5.74, 6) is -2.40. The molecule has 1 fully saturated rings. The van der Waals surface area contributed by atoms with Crippen molar-refractivity contribution in [3.05, 3.63) is 69.7 Å². The quantitative estimate of drug-likeness (QED) is 0.483. The molecule has 1 saturated heterocycles. The van der Waals surface area contributed by atoms with E-state index < -0.39 is 40.7 Å². The van der Waals surface area contributed by atoms with Gasteiger partial charge in [0, 0.05) is 28.5 Å². The highest BCUT2D eigenvalue weighted by Crippen LogP contribution is 2.56. The molecule has 1 aliphatic heterocycles. The SMILES string of the molecule is CC(C)(C)C[C@@H]1N(CC(C)(C)C(N)=O)[C@@H](C(=O)O)[C@H](c2cccc(Cl)c2)[C@@]1(C#N)c1ccc(Cl)cc1. The number of primary amides is 1. The molecule has 0 aromatic heterocycles. The van der Waals surface area contributed by atoms with E-state index in [9.17, 15) is 20.0 Å². The Morgan fingerprint density at radius 3 is 2.17 bits per heavy atom. The summed E-state index contributed by atoms with van der Waals surface area (Å²) in [5.41, 5.74) is 4.46. The number of aliphatic carboxylic acids is 1. The summed E-state index contributed by atoms with van der Waals surface area (Å²) in [7, 11) is 0. The van der Waals surface area contributed by atoms with Gasteiger partial charge in [-0.05, 0) is 61.1 Å². The van der Waals surface area contributed by atoms with Crippen LogP contribution in [0.2, 0.25) is 10.0 Å². The smallest absolute Gasteiger partial charge is 0.321 e. The number of carboxylic acid groups (broad SMARTS) is 1. The molecular weight excluding hydrogens is 497 g/mol. The van der Waals surface area contributed by atoms with E-state index in [-0.39, 0.29) is 12.0 Å². The molecule has 0 radical (unpaired) electrons. The number of hydrogen-bond donors (Lipinski definition) is 2. The lowest BCUT2D eigenvalue weighted by Gasteiger charge is -2.41. The summed E-state index contributed by atoms with van der Waals surface area (Å²) in [6.45, 7) is 9.63. The van der Waals surface area contributed by atoms with Gasteiger partial charge in [0.15, 0.2) is 0 Å². The molecule has 2 aromatic carbocycles. The summed E-state index contributed by atoms with van der Waals surface area (Å²) < 4.78 is 0. The number of carboxylic acids is 1. The van der Waals surface area contributed by atoms with Crippen LogP contribution in [0.15, 0.2) is 48.5 Å². The van der Waals surface area contributed by atoms with Crippen molar-refractivity contribution in [2.75, 3.05) is 6.54 Å². The van der Waals surface area contributed by atoms with E-state index in [1.165, 1.54) is 0 Å². The van der Waals surface area contributed by atoms with Crippen molar-refractivity contribution in [3.8, 4) is 6.07 Å². The summed E-state index contributed by atoms with van der Waals surface area (Å²) >= 11 is 12.6. The van der Waals surface area contributed by atoms with Gasteiger partial charge in [-0.2, -0.15) is 5.26 Å². The molecule has 3 N–H and O–H groups in total. The molecule has 3 rings (SSSR count). The number of carbonyl (C=O) groups is 2. The Hall–Kier alpha value is -2.59. The number of likely N-dealkylation sites (tertiary alicyclic amines) is 1. The zero-order valence-electron chi connectivity index (χ0n) is 21.3. The van der Waals surface area contributed by atoms with E-state index in [2.05, 4.69) is 26.8 Å². The van der Waals surface area contributed by atoms with Gasteiger partial charge < -0.3 is 10.8 Å². The molecule has 4 atom stereocenters. The van der Waals surface area contributed by atoms with E-state index in [4.69, 9.17) is 28.9 Å². The lowest BCUT2D eigenvalue weighted by Crippen LogP contribution is -2.52. The van der Waals surface area contributed by atoms with Crippen LogP contribution in [-0.2, 0) is 15.0 Å².